The summed E-state index contributed by atoms with van der Waals surface area (Å²) in [5, 5.41) is 11.8. The average molecular weight is 214 g/mol. The molecule has 0 unspecified atom stereocenters. The van der Waals surface area contributed by atoms with Crippen LogP contribution in [0.2, 0.25) is 0 Å². The highest BCUT2D eigenvalue weighted by Crippen LogP contribution is 2.18. The van der Waals surface area contributed by atoms with Crippen LogP contribution in [0.5, 0.6) is 0 Å². The van der Waals surface area contributed by atoms with Gasteiger partial charge in [-0.15, -0.1) is 11.3 Å². The van der Waals surface area contributed by atoms with Gasteiger partial charge in [0.2, 0.25) is 0 Å². The van der Waals surface area contributed by atoms with Gasteiger partial charge >= 0.3 is 0 Å². The Kier molecular flexibility index (Phi) is 4.90. The fraction of sp³-hybridized carbons (Fsp3) is 0.700. The maximum atomic E-state index is 8.63. The predicted molar refractivity (Wildman–Crippen MR) is 61.1 cm³/mol. The first-order valence-corrected chi connectivity index (χ1v) is 5.86. The minimum absolute atomic E-state index is 0.306. The maximum Gasteiger partial charge on any atom is 0.185 e. The highest BCUT2D eigenvalue weighted by Gasteiger charge is 2.03. The topological polar surface area (TPSA) is 36.4 Å². The summed E-state index contributed by atoms with van der Waals surface area (Å²) >= 11 is 1.69. The molecule has 0 spiro atoms. The second-order valence-electron chi connectivity index (χ2n) is 3.48. The first-order valence-electron chi connectivity index (χ1n) is 4.98. The van der Waals surface area contributed by atoms with Crippen molar-refractivity contribution in [3.8, 4) is 0 Å². The summed E-state index contributed by atoms with van der Waals surface area (Å²) < 4.78 is 0. The van der Waals surface area contributed by atoms with E-state index in [-0.39, 0.29) is 0 Å². The van der Waals surface area contributed by atoms with E-state index in [1.54, 1.807) is 11.3 Å². The molecule has 1 aromatic rings. The van der Waals surface area contributed by atoms with E-state index in [4.69, 9.17) is 5.11 Å². The zero-order valence-corrected chi connectivity index (χ0v) is 9.68. The number of aromatic nitrogens is 1. The average Bonchev–Trinajstić information content (AvgIpc) is 2.59. The Balaban J connectivity index is 2.25. The number of hydrogen-bond donors (Lipinski definition) is 1. The van der Waals surface area contributed by atoms with Crippen LogP contribution in [0.4, 0.5) is 5.13 Å². The molecule has 14 heavy (non-hydrogen) atoms. The summed E-state index contributed by atoms with van der Waals surface area (Å²) in [5.41, 5.74) is 1.09. The van der Waals surface area contributed by atoms with Gasteiger partial charge in [0.1, 0.15) is 0 Å². The molecule has 0 saturated carbocycles. The molecule has 1 rings (SSSR count). The molecule has 80 valence electrons. The molecule has 0 amide bonds. The smallest absolute Gasteiger partial charge is 0.185 e. The molecule has 0 saturated heterocycles. The third-order valence-corrected chi connectivity index (χ3v) is 3.16. The van der Waals surface area contributed by atoms with Gasteiger partial charge in [0, 0.05) is 25.6 Å². The molecule has 0 bridgehead atoms. The van der Waals surface area contributed by atoms with E-state index in [1.165, 1.54) is 0 Å². The molecule has 3 nitrogen and oxygen atoms in total. The van der Waals surface area contributed by atoms with Crippen molar-refractivity contribution < 1.29 is 5.11 Å². The van der Waals surface area contributed by atoms with Crippen LogP contribution in [0.15, 0.2) is 5.38 Å². The SMILES string of the molecule is Cc1csc(N(C)CCCCCO)n1. The van der Waals surface area contributed by atoms with Crippen molar-refractivity contribution >= 4 is 16.5 Å². The van der Waals surface area contributed by atoms with Gasteiger partial charge in [-0.05, 0) is 26.2 Å². The summed E-state index contributed by atoms with van der Waals surface area (Å²) in [5.74, 6) is 0. The Morgan fingerprint density at radius 3 is 2.79 bits per heavy atom. The summed E-state index contributed by atoms with van der Waals surface area (Å²) in [4.78, 5) is 6.58. The number of aliphatic hydroxyl groups is 1. The summed E-state index contributed by atoms with van der Waals surface area (Å²) in [6, 6.07) is 0. The first kappa shape index (κ1) is 11.5. The lowest BCUT2D eigenvalue weighted by atomic mass is 10.2. The second-order valence-corrected chi connectivity index (χ2v) is 4.31. The third kappa shape index (κ3) is 3.64. The summed E-state index contributed by atoms with van der Waals surface area (Å²) in [7, 11) is 2.07. The van der Waals surface area contributed by atoms with Crippen molar-refractivity contribution in [2.75, 3.05) is 25.1 Å². The van der Waals surface area contributed by atoms with E-state index >= 15 is 0 Å². The largest absolute Gasteiger partial charge is 0.396 e. The van der Waals surface area contributed by atoms with Gasteiger partial charge in [0.25, 0.3) is 0 Å². The fourth-order valence-corrected chi connectivity index (χ4v) is 2.05. The van der Waals surface area contributed by atoms with Crippen LogP contribution >= 0.6 is 11.3 Å². The minimum Gasteiger partial charge on any atom is -0.396 e. The van der Waals surface area contributed by atoms with Gasteiger partial charge in [-0.3, -0.25) is 0 Å². The number of anilines is 1. The van der Waals surface area contributed by atoms with Crippen molar-refractivity contribution in [1.29, 1.82) is 0 Å². The first-order chi connectivity index (χ1) is 6.74. The standard InChI is InChI=1S/C10H18N2OS/c1-9-8-14-10(11-9)12(2)6-4-3-5-7-13/h8,13H,3-7H2,1-2H3. The monoisotopic (exact) mass is 214 g/mol. The van der Waals surface area contributed by atoms with E-state index in [2.05, 4.69) is 22.3 Å². The molecule has 0 radical (unpaired) electrons. The number of nitrogens with zero attached hydrogens (tertiary/aromatic N) is 2. The predicted octanol–water partition coefficient (Wildman–Crippen LogP) is 2.05. The number of aryl methyl sites for hydroxylation is 1. The van der Waals surface area contributed by atoms with Crippen molar-refractivity contribution in [2.24, 2.45) is 0 Å². The highest BCUT2D eigenvalue weighted by atomic mass is 32.1. The number of aliphatic hydroxyl groups excluding tert-OH is 1. The zero-order valence-electron chi connectivity index (χ0n) is 8.86. The molecule has 0 aliphatic rings. The number of hydrogen-bond acceptors (Lipinski definition) is 4. The Morgan fingerprint density at radius 1 is 1.43 bits per heavy atom. The van der Waals surface area contributed by atoms with Crippen LogP contribution in [-0.4, -0.2) is 30.3 Å². The van der Waals surface area contributed by atoms with Gasteiger partial charge in [-0.25, -0.2) is 4.98 Å². The van der Waals surface area contributed by atoms with E-state index in [0.717, 1.165) is 36.6 Å². The maximum absolute atomic E-state index is 8.63. The lowest BCUT2D eigenvalue weighted by Crippen LogP contribution is -2.18. The van der Waals surface area contributed by atoms with Crippen molar-refractivity contribution in [3.63, 3.8) is 0 Å². The van der Waals surface area contributed by atoms with E-state index in [9.17, 15) is 0 Å². The Labute approximate surface area is 89.4 Å². The molecule has 0 aliphatic carbocycles. The van der Waals surface area contributed by atoms with Crippen molar-refractivity contribution in [1.82, 2.24) is 4.98 Å². The van der Waals surface area contributed by atoms with Gasteiger partial charge < -0.3 is 10.0 Å². The molecule has 1 aromatic heterocycles. The van der Waals surface area contributed by atoms with Gasteiger partial charge in [0.05, 0.1) is 5.69 Å². The number of unbranched alkanes of at least 4 members (excludes halogenated alkanes) is 2. The van der Waals surface area contributed by atoms with Crippen LogP contribution in [0.25, 0.3) is 0 Å². The fourth-order valence-electron chi connectivity index (χ4n) is 1.25. The van der Waals surface area contributed by atoms with Crippen LogP contribution in [0.3, 0.4) is 0 Å². The van der Waals surface area contributed by atoms with Gasteiger partial charge in [-0.1, -0.05) is 0 Å². The quantitative estimate of drug-likeness (QED) is 0.736. The van der Waals surface area contributed by atoms with E-state index in [1.807, 2.05) is 6.92 Å². The summed E-state index contributed by atoms with van der Waals surface area (Å²) in [6.45, 7) is 3.34. The molecule has 4 heteroatoms. The Bertz CT molecular complexity index is 262. The van der Waals surface area contributed by atoms with Crippen LogP contribution < -0.4 is 4.90 Å². The van der Waals surface area contributed by atoms with Crippen LogP contribution in [0, 0.1) is 6.92 Å². The minimum atomic E-state index is 0.306. The van der Waals surface area contributed by atoms with Gasteiger partial charge in [-0.2, -0.15) is 0 Å². The molecule has 0 fully saturated rings. The van der Waals surface area contributed by atoms with Crippen molar-refractivity contribution in [3.05, 3.63) is 11.1 Å². The molecule has 0 aliphatic heterocycles. The highest BCUT2D eigenvalue weighted by molar-refractivity contribution is 7.13. The Hall–Kier alpha value is -0.610. The Morgan fingerprint density at radius 2 is 2.21 bits per heavy atom. The lowest BCUT2D eigenvalue weighted by Gasteiger charge is -2.14. The van der Waals surface area contributed by atoms with Crippen LogP contribution in [0.1, 0.15) is 25.0 Å². The molecule has 0 atom stereocenters. The molecule has 1 N–H and O–H groups in total. The molecular formula is C10H18N2OS. The zero-order chi connectivity index (χ0) is 10.4. The second kappa shape index (κ2) is 5.98. The normalized spacial score (nSPS) is 10.5. The van der Waals surface area contributed by atoms with E-state index in [0.29, 0.717) is 6.61 Å². The van der Waals surface area contributed by atoms with Crippen LogP contribution in [-0.2, 0) is 0 Å². The molecule has 1 heterocycles. The lowest BCUT2D eigenvalue weighted by molar-refractivity contribution is 0.283. The van der Waals surface area contributed by atoms with Crippen molar-refractivity contribution in [2.45, 2.75) is 26.2 Å². The van der Waals surface area contributed by atoms with E-state index < -0.39 is 0 Å². The number of rotatable bonds is 6. The summed E-state index contributed by atoms with van der Waals surface area (Å²) in [6.07, 6.45) is 3.12. The third-order valence-electron chi connectivity index (χ3n) is 2.09. The molecule has 0 aromatic carbocycles. The molecular weight excluding hydrogens is 196 g/mol. The van der Waals surface area contributed by atoms with Gasteiger partial charge in [0.15, 0.2) is 5.13 Å². The number of thiazole rings is 1.